The molecule has 2 aliphatic heterocycles. The molecular formula is C22H26N2O6S2. The fraction of sp³-hybridized carbons (Fsp3) is 0.409. The molecule has 1 atom stereocenters. The first kappa shape index (κ1) is 22.6. The number of carbonyl (C=O) groups is 1. The molecule has 10 heteroatoms. The van der Waals surface area contributed by atoms with Gasteiger partial charge in [-0.1, -0.05) is 18.2 Å². The molecule has 2 aromatic carbocycles. The molecule has 0 spiro atoms. The molecule has 2 aromatic rings. The molecule has 0 aromatic heterocycles. The van der Waals surface area contributed by atoms with Gasteiger partial charge in [0.15, 0.2) is 9.84 Å². The van der Waals surface area contributed by atoms with E-state index < -0.39 is 31.8 Å². The predicted molar refractivity (Wildman–Crippen MR) is 121 cm³/mol. The maximum atomic E-state index is 13.7. The van der Waals surface area contributed by atoms with Gasteiger partial charge >= 0.3 is 0 Å². The van der Waals surface area contributed by atoms with Gasteiger partial charge in [-0.15, -0.1) is 0 Å². The van der Waals surface area contributed by atoms with Crippen molar-refractivity contribution < 1.29 is 26.4 Å². The molecule has 1 fully saturated rings. The van der Waals surface area contributed by atoms with Gasteiger partial charge in [0.05, 0.1) is 24.3 Å². The van der Waals surface area contributed by atoms with Gasteiger partial charge in [-0.3, -0.25) is 9.10 Å². The van der Waals surface area contributed by atoms with Crippen LogP contribution in [-0.4, -0.2) is 65.9 Å². The molecule has 0 unspecified atom stereocenters. The first-order valence-electron chi connectivity index (χ1n) is 10.4. The van der Waals surface area contributed by atoms with E-state index in [0.717, 1.165) is 12.0 Å². The van der Waals surface area contributed by atoms with Crippen molar-refractivity contribution in [2.75, 3.05) is 36.5 Å². The zero-order valence-corrected chi connectivity index (χ0v) is 19.7. The van der Waals surface area contributed by atoms with Crippen LogP contribution in [-0.2, 0) is 26.3 Å². The number of anilines is 1. The van der Waals surface area contributed by atoms with Crippen molar-refractivity contribution in [3.05, 3.63) is 53.6 Å². The Hall–Kier alpha value is -2.59. The van der Waals surface area contributed by atoms with Crippen molar-refractivity contribution in [2.45, 2.75) is 30.2 Å². The summed E-state index contributed by atoms with van der Waals surface area (Å²) < 4.78 is 57.6. The van der Waals surface area contributed by atoms with Crippen LogP contribution in [0.4, 0.5) is 5.69 Å². The van der Waals surface area contributed by atoms with E-state index >= 15 is 0 Å². The normalized spacial score (nSPS) is 19.9. The van der Waals surface area contributed by atoms with Crippen LogP contribution >= 0.6 is 0 Å². The van der Waals surface area contributed by atoms with Crippen LogP contribution in [0.2, 0.25) is 0 Å². The predicted octanol–water partition coefficient (Wildman–Crippen LogP) is 2.10. The fourth-order valence-corrected chi connectivity index (χ4v) is 7.83. The molecule has 2 aliphatic rings. The minimum atomic E-state index is -4.00. The summed E-state index contributed by atoms with van der Waals surface area (Å²) in [7, 11) is -4.22. The van der Waals surface area contributed by atoms with E-state index in [0.29, 0.717) is 25.1 Å². The highest BCUT2D eigenvalue weighted by Crippen LogP contribution is 2.35. The Morgan fingerprint density at radius 1 is 1.19 bits per heavy atom. The summed E-state index contributed by atoms with van der Waals surface area (Å²) in [4.78, 5) is 14.4. The average Bonchev–Trinajstić information content (AvgIpc) is 3.16. The molecule has 1 amide bonds. The average molecular weight is 479 g/mol. The largest absolute Gasteiger partial charge is 0.495 e. The Morgan fingerprint density at radius 3 is 2.62 bits per heavy atom. The highest BCUT2D eigenvalue weighted by Gasteiger charge is 2.35. The summed E-state index contributed by atoms with van der Waals surface area (Å²) >= 11 is 0. The summed E-state index contributed by atoms with van der Waals surface area (Å²) in [6.45, 7) is 0.334. The van der Waals surface area contributed by atoms with E-state index in [2.05, 4.69) is 0 Å². The zero-order chi connectivity index (χ0) is 23.1. The number of amides is 1. The van der Waals surface area contributed by atoms with Gasteiger partial charge in [-0.2, -0.15) is 0 Å². The summed E-state index contributed by atoms with van der Waals surface area (Å²) in [6.07, 6.45) is 1.86. The molecule has 0 radical (unpaired) electrons. The Kier molecular flexibility index (Phi) is 5.93. The Morgan fingerprint density at radius 2 is 1.94 bits per heavy atom. The number of aryl methyl sites for hydroxylation is 1. The van der Waals surface area contributed by atoms with Crippen molar-refractivity contribution in [3.8, 4) is 5.75 Å². The lowest BCUT2D eigenvalue weighted by molar-refractivity contribution is 0.0747. The van der Waals surface area contributed by atoms with Gasteiger partial charge < -0.3 is 9.64 Å². The van der Waals surface area contributed by atoms with Crippen LogP contribution in [0, 0.1) is 0 Å². The number of methoxy groups -OCH3 is 1. The van der Waals surface area contributed by atoms with Crippen molar-refractivity contribution in [3.63, 3.8) is 0 Å². The monoisotopic (exact) mass is 478 g/mol. The van der Waals surface area contributed by atoms with Gasteiger partial charge in [0.1, 0.15) is 10.6 Å². The van der Waals surface area contributed by atoms with Crippen LogP contribution in [0.1, 0.15) is 28.8 Å². The van der Waals surface area contributed by atoms with Crippen molar-refractivity contribution in [1.82, 2.24) is 4.90 Å². The number of nitrogens with zero attached hydrogens (tertiary/aromatic N) is 2. The summed E-state index contributed by atoms with van der Waals surface area (Å²) in [5.41, 5.74) is 1.75. The number of hydrogen-bond donors (Lipinski definition) is 0. The lowest BCUT2D eigenvalue weighted by atomic mass is 10.0. The molecule has 32 heavy (non-hydrogen) atoms. The third kappa shape index (κ3) is 4.09. The molecule has 2 heterocycles. The van der Waals surface area contributed by atoms with Crippen LogP contribution < -0.4 is 9.04 Å². The second-order valence-corrected chi connectivity index (χ2v) is 12.2. The van der Waals surface area contributed by atoms with Crippen LogP contribution in [0.15, 0.2) is 47.4 Å². The molecule has 0 saturated carbocycles. The number of ether oxygens (including phenoxy) is 1. The highest BCUT2D eigenvalue weighted by atomic mass is 32.2. The molecule has 4 rings (SSSR count). The van der Waals surface area contributed by atoms with Crippen LogP contribution in [0.3, 0.4) is 0 Å². The molecule has 0 bridgehead atoms. The molecule has 0 N–H and O–H groups in total. The topological polar surface area (TPSA) is 101 Å². The maximum absolute atomic E-state index is 13.7. The van der Waals surface area contributed by atoms with E-state index in [1.165, 1.54) is 34.5 Å². The molecule has 172 valence electrons. The quantitative estimate of drug-likeness (QED) is 0.652. The fourth-order valence-electron chi connectivity index (χ4n) is 4.33. The molecule has 8 nitrogen and oxygen atoms in total. The first-order chi connectivity index (χ1) is 15.1. The van der Waals surface area contributed by atoms with E-state index in [1.807, 2.05) is 12.1 Å². The zero-order valence-electron chi connectivity index (χ0n) is 18.0. The van der Waals surface area contributed by atoms with Gasteiger partial charge in [-0.05, 0) is 49.1 Å². The number of carbonyl (C=O) groups excluding carboxylic acids is 1. The van der Waals surface area contributed by atoms with Gasteiger partial charge in [0.25, 0.3) is 15.9 Å². The number of hydrogen-bond acceptors (Lipinski definition) is 6. The van der Waals surface area contributed by atoms with E-state index in [1.54, 1.807) is 19.2 Å². The van der Waals surface area contributed by atoms with Gasteiger partial charge in [-0.25, -0.2) is 16.8 Å². The van der Waals surface area contributed by atoms with Crippen molar-refractivity contribution >= 4 is 31.5 Å². The molecule has 0 aliphatic carbocycles. The summed E-state index contributed by atoms with van der Waals surface area (Å²) in [6, 6.07) is 11.2. The minimum Gasteiger partial charge on any atom is -0.495 e. The number of sulfonamides is 1. The molecular weight excluding hydrogens is 452 g/mol. The lowest BCUT2D eigenvalue weighted by Crippen LogP contribution is -2.38. The third-order valence-corrected chi connectivity index (χ3v) is 9.71. The Balaban J connectivity index is 1.71. The standard InChI is InChI=1S/C22H26N2O6S2/c1-23(18-11-13-31(26,27)15-18)22(25)17-9-10-20(30-2)21(14-17)32(28,29)24-12-5-7-16-6-3-4-8-19(16)24/h3-4,6,8-10,14,18H,5,7,11-13,15H2,1-2H3/t18-/m1/s1. The van der Waals surface area contributed by atoms with Crippen molar-refractivity contribution in [1.29, 1.82) is 0 Å². The maximum Gasteiger partial charge on any atom is 0.268 e. The number of benzene rings is 2. The van der Waals surface area contributed by atoms with E-state index in [4.69, 9.17) is 4.74 Å². The number of para-hydroxylation sites is 1. The Labute approximate surface area is 188 Å². The second kappa shape index (κ2) is 8.40. The minimum absolute atomic E-state index is 0.0475. The highest BCUT2D eigenvalue weighted by molar-refractivity contribution is 7.93. The van der Waals surface area contributed by atoms with Crippen molar-refractivity contribution in [2.24, 2.45) is 0 Å². The number of fused-ring (bicyclic) bond motifs is 1. The lowest BCUT2D eigenvalue weighted by Gasteiger charge is -2.31. The van der Waals surface area contributed by atoms with Crippen LogP contribution in [0.5, 0.6) is 5.75 Å². The van der Waals surface area contributed by atoms with E-state index in [-0.39, 0.29) is 27.7 Å². The summed E-state index contributed by atoms with van der Waals surface area (Å²) in [5, 5.41) is 0. The first-order valence-corrected chi connectivity index (χ1v) is 13.7. The molecule has 1 saturated heterocycles. The third-order valence-electron chi connectivity index (χ3n) is 6.12. The second-order valence-electron chi connectivity index (χ2n) is 8.15. The SMILES string of the molecule is COc1ccc(C(=O)N(C)[C@@H]2CCS(=O)(=O)C2)cc1S(=O)(=O)N1CCCc2ccccc21. The van der Waals surface area contributed by atoms with Gasteiger partial charge in [0, 0.05) is 25.2 Å². The Bertz CT molecular complexity index is 1260. The van der Waals surface area contributed by atoms with Crippen LogP contribution in [0.25, 0.3) is 0 Å². The smallest absolute Gasteiger partial charge is 0.268 e. The number of sulfone groups is 1. The van der Waals surface area contributed by atoms with Gasteiger partial charge in [0.2, 0.25) is 0 Å². The van der Waals surface area contributed by atoms with E-state index in [9.17, 15) is 21.6 Å². The summed E-state index contributed by atoms with van der Waals surface area (Å²) in [5.74, 6) is -0.312. The number of rotatable bonds is 5.